The van der Waals surface area contributed by atoms with Crippen molar-refractivity contribution in [2.75, 3.05) is 12.2 Å². The van der Waals surface area contributed by atoms with Crippen molar-refractivity contribution < 1.29 is 27.6 Å². The summed E-state index contributed by atoms with van der Waals surface area (Å²) in [5.74, 6) is 1.12. The maximum Gasteiger partial charge on any atom is 0.416 e. The maximum atomic E-state index is 12.7. The Hall–Kier alpha value is -3.30. The molecule has 0 saturated carbocycles. The van der Waals surface area contributed by atoms with E-state index in [9.17, 15) is 23.3 Å². The van der Waals surface area contributed by atoms with E-state index in [-0.39, 0.29) is 12.5 Å². The van der Waals surface area contributed by atoms with Crippen LogP contribution in [0.3, 0.4) is 0 Å². The monoisotopic (exact) mass is 353 g/mol. The Balaban J connectivity index is 1.79. The number of nitro benzene ring substituents is 1. The summed E-state index contributed by atoms with van der Waals surface area (Å²) in [5, 5.41) is 14.8. The van der Waals surface area contributed by atoms with Crippen LogP contribution < -0.4 is 14.9 Å². The average molecular weight is 353 g/mol. The summed E-state index contributed by atoms with van der Waals surface area (Å²) in [6, 6.07) is 7.15. The van der Waals surface area contributed by atoms with Crippen molar-refractivity contribution in [3.05, 3.63) is 57.6 Å². The zero-order chi connectivity index (χ0) is 18.0. The topological polar surface area (TPSA) is 86.0 Å². The molecule has 2 aromatic rings. The molecule has 25 heavy (non-hydrogen) atoms. The van der Waals surface area contributed by atoms with Gasteiger partial charge in [-0.05, 0) is 35.9 Å². The number of nitrogens with one attached hydrogen (secondary N) is 1. The van der Waals surface area contributed by atoms with Crippen LogP contribution in [0.5, 0.6) is 11.5 Å². The van der Waals surface area contributed by atoms with E-state index in [4.69, 9.17) is 9.47 Å². The quantitative estimate of drug-likeness (QED) is 0.513. The van der Waals surface area contributed by atoms with Crippen molar-refractivity contribution in [3.8, 4) is 11.5 Å². The largest absolute Gasteiger partial charge is 0.454 e. The van der Waals surface area contributed by atoms with Crippen LogP contribution in [0, 0.1) is 10.1 Å². The second-order valence-corrected chi connectivity index (χ2v) is 4.97. The van der Waals surface area contributed by atoms with E-state index < -0.39 is 22.4 Å². The molecule has 10 heteroatoms. The number of halogens is 3. The lowest BCUT2D eigenvalue weighted by Gasteiger charge is -2.08. The standard InChI is InChI=1S/C15H10F3N3O4/c16-15(17,18)10-2-3-11(12(6-10)21(22)23)20-19-7-9-1-4-13-14(5-9)25-8-24-13/h1-7,20H,8H2/b19-7-. The van der Waals surface area contributed by atoms with Gasteiger partial charge in [-0.25, -0.2) is 0 Å². The molecule has 0 aromatic heterocycles. The second-order valence-electron chi connectivity index (χ2n) is 4.97. The van der Waals surface area contributed by atoms with Crippen LogP contribution in [-0.4, -0.2) is 17.9 Å². The summed E-state index contributed by atoms with van der Waals surface area (Å²) in [4.78, 5) is 10.1. The molecule has 0 unspecified atom stereocenters. The minimum atomic E-state index is -4.67. The zero-order valence-corrected chi connectivity index (χ0v) is 12.4. The SMILES string of the molecule is O=[N+]([O-])c1cc(C(F)(F)F)ccc1N/N=C\c1ccc2c(c1)OCO2. The number of hydrazone groups is 1. The fraction of sp³-hybridized carbons (Fsp3) is 0.133. The van der Waals surface area contributed by atoms with Gasteiger partial charge in [0.15, 0.2) is 11.5 Å². The molecule has 1 N–H and O–H groups in total. The summed E-state index contributed by atoms with van der Waals surface area (Å²) in [6.07, 6.45) is -3.32. The first-order chi connectivity index (χ1) is 11.8. The first-order valence-electron chi connectivity index (χ1n) is 6.89. The molecule has 2 aromatic carbocycles. The lowest BCUT2D eigenvalue weighted by atomic mass is 10.1. The van der Waals surface area contributed by atoms with Gasteiger partial charge >= 0.3 is 6.18 Å². The molecule has 1 aliphatic heterocycles. The molecule has 0 atom stereocenters. The summed E-state index contributed by atoms with van der Waals surface area (Å²) >= 11 is 0. The molecule has 1 heterocycles. The van der Waals surface area contributed by atoms with Gasteiger partial charge in [0.25, 0.3) is 5.69 Å². The molecule has 3 rings (SSSR count). The van der Waals surface area contributed by atoms with E-state index >= 15 is 0 Å². The molecule has 0 saturated heterocycles. The molecular formula is C15H10F3N3O4. The molecule has 1 aliphatic rings. The highest BCUT2D eigenvalue weighted by Gasteiger charge is 2.33. The van der Waals surface area contributed by atoms with Crippen LogP contribution >= 0.6 is 0 Å². The first kappa shape index (κ1) is 16.6. The van der Waals surface area contributed by atoms with Crippen molar-refractivity contribution in [2.45, 2.75) is 6.18 Å². The lowest BCUT2D eigenvalue weighted by Crippen LogP contribution is -2.06. The van der Waals surface area contributed by atoms with Gasteiger partial charge in [-0.3, -0.25) is 15.5 Å². The third-order valence-corrected chi connectivity index (χ3v) is 3.32. The molecule has 7 nitrogen and oxygen atoms in total. The summed E-state index contributed by atoms with van der Waals surface area (Å²) < 4.78 is 48.3. The number of anilines is 1. The number of alkyl halides is 3. The van der Waals surface area contributed by atoms with Crippen LogP contribution in [-0.2, 0) is 6.18 Å². The number of rotatable bonds is 4. The van der Waals surface area contributed by atoms with Crippen LogP contribution in [0.2, 0.25) is 0 Å². The Morgan fingerprint density at radius 2 is 1.92 bits per heavy atom. The Morgan fingerprint density at radius 3 is 2.64 bits per heavy atom. The van der Waals surface area contributed by atoms with Crippen LogP contribution in [0.25, 0.3) is 0 Å². The molecule has 0 fully saturated rings. The van der Waals surface area contributed by atoms with Crippen molar-refractivity contribution in [3.63, 3.8) is 0 Å². The van der Waals surface area contributed by atoms with Crippen molar-refractivity contribution >= 4 is 17.6 Å². The number of hydrogen-bond donors (Lipinski definition) is 1. The summed E-state index contributed by atoms with van der Waals surface area (Å²) in [5.41, 5.74) is 1.01. The second kappa shape index (κ2) is 6.30. The third kappa shape index (κ3) is 3.62. The van der Waals surface area contributed by atoms with Gasteiger partial charge in [0, 0.05) is 6.07 Å². The summed E-state index contributed by atoms with van der Waals surface area (Å²) in [7, 11) is 0. The van der Waals surface area contributed by atoms with Gasteiger partial charge in [0.2, 0.25) is 6.79 Å². The Bertz CT molecular complexity index is 852. The van der Waals surface area contributed by atoms with Crippen molar-refractivity contribution in [2.24, 2.45) is 5.10 Å². The maximum absolute atomic E-state index is 12.7. The van der Waals surface area contributed by atoms with Crippen molar-refractivity contribution in [1.82, 2.24) is 0 Å². The minimum absolute atomic E-state index is 0.117. The van der Waals surface area contributed by atoms with E-state index in [1.54, 1.807) is 18.2 Å². The fourth-order valence-corrected chi connectivity index (χ4v) is 2.12. The highest BCUT2D eigenvalue weighted by Crippen LogP contribution is 2.35. The number of hydrogen-bond acceptors (Lipinski definition) is 6. The van der Waals surface area contributed by atoms with Gasteiger partial charge in [0.05, 0.1) is 16.7 Å². The first-order valence-corrected chi connectivity index (χ1v) is 6.89. The van der Waals surface area contributed by atoms with Gasteiger partial charge in [-0.15, -0.1) is 0 Å². The van der Waals surface area contributed by atoms with Gasteiger partial charge in [0.1, 0.15) is 5.69 Å². The molecule has 0 radical (unpaired) electrons. The van der Waals surface area contributed by atoms with E-state index in [2.05, 4.69) is 10.5 Å². The fourth-order valence-electron chi connectivity index (χ4n) is 2.12. The average Bonchev–Trinajstić information content (AvgIpc) is 3.01. The highest BCUT2D eigenvalue weighted by molar-refractivity contribution is 5.82. The van der Waals surface area contributed by atoms with Crippen LogP contribution in [0.15, 0.2) is 41.5 Å². The van der Waals surface area contributed by atoms with E-state index in [1.807, 2.05) is 0 Å². The molecule has 130 valence electrons. The number of ether oxygens (including phenoxy) is 2. The number of fused-ring (bicyclic) bond motifs is 1. The van der Waals surface area contributed by atoms with Gasteiger partial charge in [-0.1, -0.05) is 0 Å². The molecule has 0 amide bonds. The van der Waals surface area contributed by atoms with Crippen LogP contribution in [0.4, 0.5) is 24.5 Å². The Kier molecular flexibility index (Phi) is 4.17. The zero-order valence-electron chi connectivity index (χ0n) is 12.4. The normalized spacial score (nSPS) is 13.2. The highest BCUT2D eigenvalue weighted by atomic mass is 19.4. The molecule has 0 aliphatic carbocycles. The van der Waals surface area contributed by atoms with Crippen LogP contribution in [0.1, 0.15) is 11.1 Å². The minimum Gasteiger partial charge on any atom is -0.454 e. The molecular weight excluding hydrogens is 343 g/mol. The lowest BCUT2D eigenvalue weighted by molar-refractivity contribution is -0.384. The van der Waals surface area contributed by atoms with E-state index in [0.717, 1.165) is 12.1 Å². The van der Waals surface area contributed by atoms with E-state index in [1.165, 1.54) is 6.21 Å². The number of benzene rings is 2. The summed E-state index contributed by atoms with van der Waals surface area (Å²) in [6.45, 7) is 0.117. The number of nitro groups is 1. The Morgan fingerprint density at radius 1 is 1.16 bits per heavy atom. The van der Waals surface area contributed by atoms with Gasteiger partial charge < -0.3 is 9.47 Å². The Labute approximate surface area is 138 Å². The number of nitrogens with zero attached hydrogens (tertiary/aromatic N) is 2. The van der Waals surface area contributed by atoms with Gasteiger partial charge in [-0.2, -0.15) is 18.3 Å². The molecule has 0 bridgehead atoms. The van der Waals surface area contributed by atoms with E-state index in [0.29, 0.717) is 23.1 Å². The smallest absolute Gasteiger partial charge is 0.416 e. The third-order valence-electron chi connectivity index (χ3n) is 3.32. The molecule has 0 spiro atoms. The van der Waals surface area contributed by atoms with Crippen molar-refractivity contribution in [1.29, 1.82) is 0 Å². The predicted octanol–water partition coefficient (Wildman–Crippen LogP) is 3.79. The predicted molar refractivity (Wildman–Crippen MR) is 81.9 cm³/mol.